The lowest BCUT2D eigenvalue weighted by molar-refractivity contribution is 0.199. The van der Waals surface area contributed by atoms with Gasteiger partial charge in [0.05, 0.1) is 17.0 Å². The zero-order valence-electron chi connectivity index (χ0n) is 16.0. The summed E-state index contributed by atoms with van der Waals surface area (Å²) in [5, 5.41) is 12.8. The highest BCUT2D eigenvalue weighted by atomic mass is 19.1. The number of halogens is 2. The molecule has 1 fully saturated rings. The Bertz CT molecular complexity index is 1070. The van der Waals surface area contributed by atoms with Crippen LogP contribution in [0.25, 0.3) is 11.3 Å². The highest BCUT2D eigenvalue weighted by molar-refractivity contribution is 5.63. The number of aryl methyl sites for hydroxylation is 1. The van der Waals surface area contributed by atoms with Gasteiger partial charge in [0.15, 0.2) is 5.82 Å². The van der Waals surface area contributed by atoms with E-state index in [4.69, 9.17) is 4.52 Å². The first-order chi connectivity index (χ1) is 13.3. The van der Waals surface area contributed by atoms with E-state index in [1.54, 1.807) is 6.92 Å². The molecule has 7 heteroatoms. The summed E-state index contributed by atoms with van der Waals surface area (Å²) in [4.78, 5) is 4.39. The molecule has 5 rings (SSSR count). The molecule has 1 saturated carbocycles. The number of benzene rings is 1. The Morgan fingerprint density at radius 2 is 1.93 bits per heavy atom. The van der Waals surface area contributed by atoms with Crippen molar-refractivity contribution in [2.45, 2.75) is 51.4 Å². The summed E-state index contributed by atoms with van der Waals surface area (Å²) in [6.45, 7) is 6.22. The van der Waals surface area contributed by atoms with Crippen molar-refractivity contribution < 1.29 is 13.3 Å². The zero-order valence-corrected chi connectivity index (χ0v) is 16.0. The van der Waals surface area contributed by atoms with Crippen LogP contribution >= 0.6 is 0 Å². The van der Waals surface area contributed by atoms with E-state index in [2.05, 4.69) is 34.2 Å². The van der Waals surface area contributed by atoms with Crippen molar-refractivity contribution in [2.24, 2.45) is 5.41 Å². The Kier molecular flexibility index (Phi) is 3.51. The molecule has 3 aromatic rings. The van der Waals surface area contributed by atoms with Crippen LogP contribution in [0.1, 0.15) is 55.6 Å². The van der Waals surface area contributed by atoms with E-state index in [1.807, 2.05) is 6.07 Å². The van der Waals surface area contributed by atoms with Crippen LogP contribution in [-0.2, 0) is 11.8 Å². The predicted molar refractivity (Wildman–Crippen MR) is 97.6 cm³/mol. The maximum atomic E-state index is 14.3. The van der Waals surface area contributed by atoms with Gasteiger partial charge in [0, 0.05) is 18.8 Å². The fraction of sp³-hybridized carbons (Fsp3) is 0.429. The molecule has 28 heavy (non-hydrogen) atoms. The second-order valence-electron chi connectivity index (χ2n) is 8.43. The predicted octanol–water partition coefficient (Wildman–Crippen LogP) is 4.51. The fourth-order valence-electron chi connectivity index (χ4n) is 5.37. The molecule has 0 unspecified atom stereocenters. The average molecular weight is 382 g/mol. The molecule has 2 atom stereocenters. The largest absolute Gasteiger partial charge is 0.340 e. The van der Waals surface area contributed by atoms with Crippen LogP contribution in [0.3, 0.4) is 0 Å². The second-order valence-corrected chi connectivity index (χ2v) is 8.43. The molecule has 2 bridgehead atoms. The van der Waals surface area contributed by atoms with Gasteiger partial charge in [-0.3, -0.25) is 0 Å². The van der Waals surface area contributed by atoms with Crippen LogP contribution in [-0.4, -0.2) is 20.3 Å². The number of aromatic nitrogens is 4. The summed E-state index contributed by atoms with van der Waals surface area (Å²) < 4.78 is 33.7. The van der Waals surface area contributed by atoms with Crippen molar-refractivity contribution in [1.29, 1.82) is 0 Å². The first-order valence-corrected chi connectivity index (χ1v) is 9.45. The van der Waals surface area contributed by atoms with Gasteiger partial charge in [0.2, 0.25) is 5.89 Å². The van der Waals surface area contributed by atoms with Gasteiger partial charge in [0.25, 0.3) is 0 Å². The minimum absolute atomic E-state index is 0.0923. The van der Waals surface area contributed by atoms with Gasteiger partial charge in [-0.05, 0) is 47.9 Å². The summed E-state index contributed by atoms with van der Waals surface area (Å²) >= 11 is 0. The van der Waals surface area contributed by atoms with Crippen LogP contribution < -0.4 is 0 Å². The maximum absolute atomic E-state index is 14.3. The van der Waals surface area contributed by atoms with Crippen molar-refractivity contribution in [3.63, 3.8) is 0 Å². The SMILES string of the molecule is Cc1nc(C[C@@]23CC[C@@H](c4cc(-c5c(F)cccc5F)nnc42)C3(C)C)no1. The standard InChI is InChI=1S/C21H20F2N4O/c1-11-24-17(27-28-11)10-21-8-7-13(20(21,2)3)12-9-16(25-26-19(12)21)18-14(22)5-4-6-15(18)23/h4-6,9,13H,7-8,10H2,1-3H3/t13-,21-/m0/s1. The van der Waals surface area contributed by atoms with Crippen LogP contribution in [0, 0.1) is 24.0 Å². The van der Waals surface area contributed by atoms with Crippen molar-refractivity contribution in [3.05, 3.63) is 58.9 Å². The minimum atomic E-state index is -0.631. The van der Waals surface area contributed by atoms with Gasteiger partial charge >= 0.3 is 0 Å². The molecule has 0 aliphatic heterocycles. The Balaban J connectivity index is 1.65. The normalized spacial score (nSPS) is 24.5. The number of rotatable bonds is 3. The third kappa shape index (κ3) is 2.16. The van der Waals surface area contributed by atoms with Crippen LogP contribution in [0.2, 0.25) is 0 Å². The number of fused-ring (bicyclic) bond motifs is 5. The van der Waals surface area contributed by atoms with Gasteiger partial charge in [-0.2, -0.15) is 15.2 Å². The lowest BCUT2D eigenvalue weighted by Crippen LogP contribution is -2.38. The highest BCUT2D eigenvalue weighted by Crippen LogP contribution is 2.68. The van der Waals surface area contributed by atoms with Crippen molar-refractivity contribution in [1.82, 2.24) is 20.3 Å². The molecular weight excluding hydrogens is 362 g/mol. The third-order valence-electron chi connectivity index (χ3n) is 6.86. The number of hydrogen-bond donors (Lipinski definition) is 0. The van der Waals surface area contributed by atoms with E-state index >= 15 is 0 Å². The quantitative estimate of drug-likeness (QED) is 0.667. The molecule has 2 aliphatic rings. The molecule has 2 aromatic heterocycles. The lowest BCUT2D eigenvalue weighted by atomic mass is 9.66. The fourth-order valence-corrected chi connectivity index (χ4v) is 5.37. The molecule has 0 amide bonds. The second kappa shape index (κ2) is 5.65. The summed E-state index contributed by atoms with van der Waals surface area (Å²) in [5.74, 6) is 0.181. The molecule has 144 valence electrons. The maximum Gasteiger partial charge on any atom is 0.223 e. The molecule has 2 aliphatic carbocycles. The topological polar surface area (TPSA) is 64.7 Å². The highest BCUT2D eigenvalue weighted by Gasteiger charge is 2.63. The minimum Gasteiger partial charge on any atom is -0.340 e. The third-order valence-corrected chi connectivity index (χ3v) is 6.86. The van der Waals surface area contributed by atoms with Gasteiger partial charge in [-0.25, -0.2) is 8.78 Å². The van der Waals surface area contributed by atoms with Gasteiger partial charge in [-0.1, -0.05) is 25.1 Å². The molecule has 5 nitrogen and oxygen atoms in total. The first-order valence-electron chi connectivity index (χ1n) is 9.45. The first kappa shape index (κ1) is 17.4. The Morgan fingerprint density at radius 1 is 1.18 bits per heavy atom. The average Bonchev–Trinajstić information content (AvgIpc) is 3.21. The van der Waals surface area contributed by atoms with Crippen molar-refractivity contribution in [3.8, 4) is 11.3 Å². The lowest BCUT2D eigenvalue weighted by Gasteiger charge is -2.37. The molecule has 0 spiro atoms. The van der Waals surface area contributed by atoms with E-state index in [1.165, 1.54) is 18.2 Å². The van der Waals surface area contributed by atoms with Crippen LogP contribution in [0.15, 0.2) is 28.8 Å². The number of nitrogens with zero attached hydrogens (tertiary/aromatic N) is 4. The summed E-state index contributed by atoms with van der Waals surface area (Å²) in [5.41, 5.74) is 1.69. The molecule has 0 radical (unpaired) electrons. The molecule has 1 aromatic carbocycles. The molecule has 0 N–H and O–H groups in total. The summed E-state index contributed by atoms with van der Waals surface area (Å²) in [6, 6.07) is 5.65. The van der Waals surface area contributed by atoms with E-state index in [-0.39, 0.29) is 28.0 Å². The van der Waals surface area contributed by atoms with E-state index in [0.717, 1.165) is 24.1 Å². The Morgan fingerprint density at radius 3 is 2.61 bits per heavy atom. The van der Waals surface area contributed by atoms with E-state index in [0.29, 0.717) is 18.1 Å². The smallest absolute Gasteiger partial charge is 0.223 e. The van der Waals surface area contributed by atoms with E-state index < -0.39 is 11.6 Å². The number of hydrogen-bond acceptors (Lipinski definition) is 5. The van der Waals surface area contributed by atoms with Gasteiger partial charge < -0.3 is 4.52 Å². The summed E-state index contributed by atoms with van der Waals surface area (Å²) in [6.07, 6.45) is 2.55. The van der Waals surface area contributed by atoms with E-state index in [9.17, 15) is 8.78 Å². The zero-order chi connectivity index (χ0) is 19.7. The van der Waals surface area contributed by atoms with Crippen molar-refractivity contribution in [2.75, 3.05) is 0 Å². The van der Waals surface area contributed by atoms with Crippen LogP contribution in [0.5, 0.6) is 0 Å². The molecule has 0 saturated heterocycles. The Labute approximate surface area is 161 Å². The van der Waals surface area contributed by atoms with Gasteiger partial charge in [-0.15, -0.1) is 0 Å². The molecular formula is C21H20F2N4O. The summed E-state index contributed by atoms with van der Waals surface area (Å²) in [7, 11) is 0. The monoisotopic (exact) mass is 382 g/mol. The van der Waals surface area contributed by atoms with Crippen molar-refractivity contribution >= 4 is 0 Å². The molecule has 2 heterocycles. The Hall–Kier alpha value is -2.70. The van der Waals surface area contributed by atoms with Crippen LogP contribution in [0.4, 0.5) is 8.78 Å². The van der Waals surface area contributed by atoms with Gasteiger partial charge in [0.1, 0.15) is 11.6 Å².